The van der Waals surface area contributed by atoms with E-state index in [1.807, 2.05) is 40.2 Å². The number of likely N-dealkylation sites (tertiary alicyclic amines) is 1. The molecule has 1 aliphatic carbocycles. The quantitative estimate of drug-likeness (QED) is 0.233. The van der Waals surface area contributed by atoms with Crippen molar-refractivity contribution < 1.29 is 9.53 Å². The summed E-state index contributed by atoms with van der Waals surface area (Å²) in [6, 6.07) is 22.9. The molecule has 8 heteroatoms. The molecule has 0 spiro atoms. The Hall–Kier alpha value is -4.04. The molecule has 2 aliphatic rings. The second kappa shape index (κ2) is 9.93. The van der Waals surface area contributed by atoms with E-state index in [0.717, 1.165) is 39.6 Å². The van der Waals surface area contributed by atoms with Crippen LogP contribution in [0.2, 0.25) is 0 Å². The van der Waals surface area contributed by atoms with Crippen molar-refractivity contribution in [3.05, 3.63) is 101 Å². The van der Waals surface area contributed by atoms with Crippen molar-refractivity contribution in [2.45, 2.75) is 24.8 Å². The van der Waals surface area contributed by atoms with E-state index in [4.69, 9.17) is 9.72 Å². The molecular formula is C31H26BrN5O2. The molecule has 3 aromatic carbocycles. The Morgan fingerprint density at radius 1 is 0.923 bits per heavy atom. The van der Waals surface area contributed by atoms with Crippen LogP contribution in [0.5, 0.6) is 0 Å². The Morgan fingerprint density at radius 2 is 1.64 bits per heavy atom. The van der Waals surface area contributed by atoms with Gasteiger partial charge < -0.3 is 9.64 Å². The summed E-state index contributed by atoms with van der Waals surface area (Å²) in [5, 5.41) is 4.62. The largest absolute Gasteiger partial charge is 0.448 e. The Labute approximate surface area is 234 Å². The number of rotatable bonds is 4. The van der Waals surface area contributed by atoms with Gasteiger partial charge in [0.15, 0.2) is 0 Å². The normalized spacial score (nSPS) is 15.4. The van der Waals surface area contributed by atoms with E-state index >= 15 is 0 Å². The molecule has 0 radical (unpaired) electrons. The maximum atomic E-state index is 13.0. The predicted octanol–water partition coefficient (Wildman–Crippen LogP) is 6.84. The average molecular weight is 580 g/mol. The van der Waals surface area contributed by atoms with Crippen molar-refractivity contribution in [1.82, 2.24) is 24.6 Å². The summed E-state index contributed by atoms with van der Waals surface area (Å²) in [4.78, 5) is 24.2. The third-order valence-corrected chi connectivity index (χ3v) is 8.49. The lowest BCUT2D eigenvalue weighted by molar-refractivity contribution is 0.0854. The number of para-hydroxylation sites is 1. The molecule has 7 nitrogen and oxygen atoms in total. The Bertz CT molecular complexity index is 1650. The van der Waals surface area contributed by atoms with Crippen LogP contribution in [-0.4, -0.2) is 50.4 Å². The van der Waals surface area contributed by atoms with Gasteiger partial charge in [-0.2, -0.15) is 5.10 Å². The fraction of sp³-hybridized carbons (Fsp3) is 0.226. The van der Waals surface area contributed by atoms with Crippen molar-refractivity contribution in [3.8, 4) is 22.4 Å². The van der Waals surface area contributed by atoms with E-state index in [9.17, 15) is 4.79 Å². The molecule has 1 saturated heterocycles. The second-order valence-corrected chi connectivity index (χ2v) is 10.9. The van der Waals surface area contributed by atoms with Gasteiger partial charge in [0.25, 0.3) is 0 Å². The van der Waals surface area contributed by atoms with Crippen molar-refractivity contribution >= 4 is 33.1 Å². The van der Waals surface area contributed by atoms with Crippen LogP contribution in [-0.2, 0) is 4.74 Å². The van der Waals surface area contributed by atoms with Gasteiger partial charge in [-0.3, -0.25) is 9.67 Å². The maximum Gasteiger partial charge on any atom is 0.409 e. The molecule has 3 heterocycles. The summed E-state index contributed by atoms with van der Waals surface area (Å²) in [5.41, 5.74) is 8.31. The number of carbonyl (C=O) groups is 1. The highest BCUT2D eigenvalue weighted by Crippen LogP contribution is 2.44. The standard InChI is InChI=1S/C31H26BrN5O2/c32-27-10-5-11-28-30(27)35-29(17-33-28)20-16-34-37(18-20)21-12-14-36(15-13-21)31(38)39-19-26-24-8-3-1-6-22(24)23-7-2-4-9-25(23)26/h1-11,16-18,21,26H,12-15,19H2. The summed E-state index contributed by atoms with van der Waals surface area (Å²) in [6.07, 6.45) is 7.05. The number of hydrogen-bond acceptors (Lipinski definition) is 5. The van der Waals surface area contributed by atoms with Crippen LogP contribution in [0.15, 0.2) is 89.8 Å². The van der Waals surface area contributed by atoms with E-state index < -0.39 is 0 Å². The lowest BCUT2D eigenvalue weighted by Crippen LogP contribution is -2.39. The van der Waals surface area contributed by atoms with Gasteiger partial charge in [-0.25, -0.2) is 9.78 Å². The number of benzene rings is 3. The van der Waals surface area contributed by atoms with E-state index in [1.54, 1.807) is 6.20 Å². The number of nitrogens with zero attached hydrogens (tertiary/aromatic N) is 5. The summed E-state index contributed by atoms with van der Waals surface area (Å²) < 4.78 is 8.79. The van der Waals surface area contributed by atoms with Gasteiger partial charge in [0, 0.05) is 35.2 Å². The van der Waals surface area contributed by atoms with Gasteiger partial charge in [-0.15, -0.1) is 0 Å². The predicted molar refractivity (Wildman–Crippen MR) is 153 cm³/mol. The molecule has 0 bridgehead atoms. The van der Waals surface area contributed by atoms with E-state index in [1.165, 1.54) is 22.3 Å². The fourth-order valence-electron chi connectivity index (χ4n) is 5.81. The number of piperidine rings is 1. The van der Waals surface area contributed by atoms with Crippen molar-refractivity contribution in [2.75, 3.05) is 19.7 Å². The first-order chi connectivity index (χ1) is 19.2. The summed E-state index contributed by atoms with van der Waals surface area (Å²) in [5.74, 6) is 0.0696. The Kier molecular flexibility index (Phi) is 6.12. The topological polar surface area (TPSA) is 73.1 Å². The minimum absolute atomic E-state index is 0.0696. The van der Waals surface area contributed by atoms with Crippen LogP contribution >= 0.6 is 15.9 Å². The smallest absolute Gasteiger partial charge is 0.409 e. The van der Waals surface area contributed by atoms with E-state index in [2.05, 4.69) is 74.5 Å². The monoisotopic (exact) mass is 579 g/mol. The third-order valence-electron chi connectivity index (χ3n) is 7.85. The lowest BCUT2D eigenvalue weighted by Gasteiger charge is -2.31. The van der Waals surface area contributed by atoms with Gasteiger partial charge in [0.1, 0.15) is 12.1 Å². The molecule has 0 N–H and O–H groups in total. The molecule has 7 rings (SSSR count). The minimum atomic E-state index is -0.242. The van der Waals surface area contributed by atoms with Crippen LogP contribution < -0.4 is 0 Å². The van der Waals surface area contributed by atoms with Crippen LogP contribution in [0.1, 0.15) is 35.9 Å². The zero-order chi connectivity index (χ0) is 26.3. The second-order valence-electron chi connectivity index (χ2n) is 10.1. The molecular weight excluding hydrogens is 554 g/mol. The van der Waals surface area contributed by atoms with Gasteiger partial charge in [-0.1, -0.05) is 54.6 Å². The molecule has 0 atom stereocenters. The minimum Gasteiger partial charge on any atom is -0.448 e. The number of halogens is 1. The molecule has 5 aromatic rings. The highest BCUT2D eigenvalue weighted by molar-refractivity contribution is 9.10. The third kappa shape index (κ3) is 4.38. The Morgan fingerprint density at radius 3 is 2.38 bits per heavy atom. The molecule has 1 aliphatic heterocycles. The average Bonchev–Trinajstić information content (AvgIpc) is 3.60. The zero-order valence-electron chi connectivity index (χ0n) is 21.2. The molecule has 0 unspecified atom stereocenters. The molecule has 0 saturated carbocycles. The van der Waals surface area contributed by atoms with Crippen molar-refractivity contribution in [3.63, 3.8) is 0 Å². The summed E-state index contributed by atoms with van der Waals surface area (Å²) in [6.45, 7) is 1.62. The van der Waals surface area contributed by atoms with Crippen LogP contribution in [0.3, 0.4) is 0 Å². The van der Waals surface area contributed by atoms with E-state index in [-0.39, 0.29) is 18.1 Å². The molecule has 2 aromatic heterocycles. The first kappa shape index (κ1) is 24.0. The highest BCUT2D eigenvalue weighted by atomic mass is 79.9. The zero-order valence-corrected chi connectivity index (χ0v) is 22.8. The molecule has 1 fully saturated rings. The van der Waals surface area contributed by atoms with Gasteiger partial charge >= 0.3 is 6.09 Å². The molecule has 39 heavy (non-hydrogen) atoms. The number of fused-ring (bicyclic) bond motifs is 4. The maximum absolute atomic E-state index is 13.0. The lowest BCUT2D eigenvalue weighted by atomic mass is 9.98. The SMILES string of the molecule is O=C(OCC1c2ccccc2-c2ccccc21)N1CCC(n2cc(-c3cnc4cccc(Br)c4n3)cn2)CC1. The fourth-order valence-corrected chi connectivity index (χ4v) is 6.25. The number of amides is 1. The highest BCUT2D eigenvalue weighted by Gasteiger charge is 2.31. The first-order valence-electron chi connectivity index (χ1n) is 13.2. The van der Waals surface area contributed by atoms with Gasteiger partial charge in [0.05, 0.1) is 29.6 Å². The van der Waals surface area contributed by atoms with Crippen LogP contribution in [0.25, 0.3) is 33.4 Å². The van der Waals surface area contributed by atoms with Crippen molar-refractivity contribution in [2.24, 2.45) is 0 Å². The van der Waals surface area contributed by atoms with Gasteiger partial charge in [-0.05, 0) is 63.2 Å². The molecule has 1 amide bonds. The first-order valence-corrected chi connectivity index (χ1v) is 14.0. The van der Waals surface area contributed by atoms with Crippen molar-refractivity contribution in [1.29, 1.82) is 0 Å². The van der Waals surface area contributed by atoms with Crippen LogP contribution in [0.4, 0.5) is 4.79 Å². The number of carbonyl (C=O) groups excluding carboxylic acids is 1. The number of ether oxygens (including phenoxy) is 1. The summed E-state index contributed by atoms with van der Waals surface area (Å²) in [7, 11) is 0. The molecule has 194 valence electrons. The number of hydrogen-bond donors (Lipinski definition) is 0. The van der Waals surface area contributed by atoms with E-state index in [0.29, 0.717) is 19.7 Å². The summed E-state index contributed by atoms with van der Waals surface area (Å²) >= 11 is 3.57. The Balaban J connectivity index is 0.986. The van der Waals surface area contributed by atoms with Crippen LogP contribution in [0, 0.1) is 0 Å². The number of aromatic nitrogens is 4. The van der Waals surface area contributed by atoms with Gasteiger partial charge in [0.2, 0.25) is 0 Å².